The summed E-state index contributed by atoms with van der Waals surface area (Å²) in [5.74, 6) is 0.442. The lowest BCUT2D eigenvalue weighted by atomic mass is 10.2. The fourth-order valence-electron chi connectivity index (χ4n) is 4.52. The quantitative estimate of drug-likeness (QED) is 0.284. The monoisotopic (exact) mass is 587 g/mol. The lowest BCUT2D eigenvalue weighted by molar-refractivity contribution is 0.322. The van der Waals surface area contributed by atoms with Gasteiger partial charge in [-0.2, -0.15) is 4.31 Å². The fraction of sp³-hybridized carbons (Fsp3) is 0.296. The summed E-state index contributed by atoms with van der Waals surface area (Å²) in [6.07, 6.45) is 2.78. The molecule has 1 aromatic heterocycles. The number of hydrogen-bond donors (Lipinski definition) is 1. The number of ether oxygens (including phenoxy) is 1. The van der Waals surface area contributed by atoms with E-state index in [0.29, 0.717) is 35.6 Å². The van der Waals surface area contributed by atoms with Crippen molar-refractivity contribution in [2.75, 3.05) is 26.2 Å². The van der Waals surface area contributed by atoms with Crippen LogP contribution in [0.4, 0.5) is 0 Å². The lowest BCUT2D eigenvalue weighted by Gasteiger charge is -2.25. The summed E-state index contributed by atoms with van der Waals surface area (Å²) in [7, 11) is -7.35. The summed E-state index contributed by atoms with van der Waals surface area (Å²) in [4.78, 5) is 12.7. The second kappa shape index (κ2) is 11.6. The normalized spacial score (nSPS) is 15.0. The van der Waals surface area contributed by atoms with E-state index in [9.17, 15) is 21.6 Å². The van der Waals surface area contributed by atoms with E-state index >= 15 is 0 Å². The molecule has 1 aliphatic rings. The van der Waals surface area contributed by atoms with Crippen LogP contribution in [0.15, 0.2) is 87.4 Å². The Morgan fingerprint density at radius 2 is 1.54 bits per heavy atom. The Morgan fingerprint density at radius 3 is 2.26 bits per heavy atom. The first-order chi connectivity index (χ1) is 18.7. The van der Waals surface area contributed by atoms with Crippen molar-refractivity contribution >= 4 is 41.6 Å². The van der Waals surface area contributed by atoms with E-state index in [0.717, 1.165) is 36.2 Å². The molecule has 4 aromatic rings. The third kappa shape index (κ3) is 6.25. The van der Waals surface area contributed by atoms with Crippen LogP contribution in [-0.4, -0.2) is 51.9 Å². The first-order valence-electron chi connectivity index (χ1n) is 12.6. The molecule has 0 amide bonds. The second-order valence-electron chi connectivity index (χ2n) is 9.25. The van der Waals surface area contributed by atoms with Crippen LogP contribution in [0.25, 0.3) is 10.2 Å². The van der Waals surface area contributed by atoms with Gasteiger partial charge in [0, 0.05) is 19.6 Å². The molecule has 1 N–H and O–H groups in total. The van der Waals surface area contributed by atoms with Crippen LogP contribution in [0.2, 0.25) is 0 Å². The van der Waals surface area contributed by atoms with E-state index in [1.807, 2.05) is 30.3 Å². The van der Waals surface area contributed by atoms with Gasteiger partial charge in [-0.1, -0.05) is 48.1 Å². The molecule has 0 spiro atoms. The van der Waals surface area contributed by atoms with Crippen molar-refractivity contribution in [1.82, 2.24) is 13.6 Å². The minimum Gasteiger partial charge on any atom is -0.492 e. The van der Waals surface area contributed by atoms with Crippen molar-refractivity contribution in [2.45, 2.75) is 35.6 Å². The number of aromatic nitrogens is 1. The molecule has 3 aromatic carbocycles. The van der Waals surface area contributed by atoms with E-state index in [4.69, 9.17) is 4.74 Å². The molecule has 5 rings (SSSR count). The van der Waals surface area contributed by atoms with Crippen LogP contribution in [0.3, 0.4) is 0 Å². The van der Waals surface area contributed by atoms with Gasteiger partial charge in [0.25, 0.3) is 0 Å². The van der Waals surface area contributed by atoms with Crippen LogP contribution >= 0.6 is 11.3 Å². The van der Waals surface area contributed by atoms with Gasteiger partial charge in [-0.15, -0.1) is 0 Å². The highest BCUT2D eigenvalue weighted by atomic mass is 32.2. The van der Waals surface area contributed by atoms with Gasteiger partial charge in [-0.05, 0) is 60.9 Å². The minimum absolute atomic E-state index is 0.0133. The molecule has 0 saturated carbocycles. The highest BCUT2D eigenvalue weighted by molar-refractivity contribution is 7.89. The third-order valence-corrected chi connectivity index (χ3v) is 10.9. The van der Waals surface area contributed by atoms with E-state index < -0.39 is 20.0 Å². The number of piperidine rings is 1. The topological polar surface area (TPSA) is 115 Å². The summed E-state index contributed by atoms with van der Waals surface area (Å²) in [6, 6.07) is 20.4. The molecule has 9 nitrogen and oxygen atoms in total. The fourth-order valence-corrected chi connectivity index (χ4v) is 8.08. The second-order valence-corrected chi connectivity index (χ2v) is 13.9. The largest absolute Gasteiger partial charge is 0.492 e. The SMILES string of the molecule is O=c1sc2cc(S(=O)(=O)NCCOc3ccc(S(=O)(=O)N4CCCCC4)cc3)ccc2n1Cc1ccccc1. The number of thiazole rings is 1. The molecule has 39 heavy (non-hydrogen) atoms. The van der Waals surface area contributed by atoms with Gasteiger partial charge < -0.3 is 4.74 Å². The third-order valence-electron chi connectivity index (χ3n) is 6.57. The molecule has 0 radical (unpaired) electrons. The summed E-state index contributed by atoms with van der Waals surface area (Å²) in [5, 5.41) is 0. The van der Waals surface area contributed by atoms with Gasteiger partial charge in [-0.3, -0.25) is 9.36 Å². The number of benzene rings is 3. The maximum atomic E-state index is 12.9. The number of fused-ring (bicyclic) bond motifs is 1. The van der Waals surface area contributed by atoms with Crippen LogP contribution in [0.1, 0.15) is 24.8 Å². The zero-order chi connectivity index (χ0) is 27.5. The Kier molecular flexibility index (Phi) is 8.19. The van der Waals surface area contributed by atoms with Gasteiger partial charge in [-0.25, -0.2) is 21.6 Å². The maximum absolute atomic E-state index is 12.9. The number of rotatable bonds is 10. The summed E-state index contributed by atoms with van der Waals surface area (Å²) >= 11 is 1.01. The van der Waals surface area contributed by atoms with Crippen molar-refractivity contribution in [3.8, 4) is 5.75 Å². The molecule has 0 aliphatic carbocycles. The molecule has 206 valence electrons. The standard InChI is InChI=1S/C27H29N3O6S3/c31-27-30(20-21-7-3-1-4-8-21)25-14-13-24(19-26(25)37-27)38(32,33)28-15-18-36-22-9-11-23(12-10-22)39(34,35)29-16-5-2-6-17-29/h1,3-4,7-14,19,28H,2,5-6,15-18,20H2. The van der Waals surface area contributed by atoms with Gasteiger partial charge in [0.2, 0.25) is 20.0 Å². The van der Waals surface area contributed by atoms with Crippen molar-refractivity contribution in [3.05, 3.63) is 88.0 Å². The minimum atomic E-state index is -3.83. The Balaban J connectivity index is 1.18. The molecular formula is C27H29N3O6S3. The summed E-state index contributed by atoms with van der Waals surface area (Å²) in [6.45, 7) is 1.55. The van der Waals surface area contributed by atoms with E-state index in [2.05, 4.69) is 4.72 Å². The van der Waals surface area contributed by atoms with E-state index in [-0.39, 0.29) is 27.8 Å². The molecular weight excluding hydrogens is 559 g/mol. The number of nitrogens with one attached hydrogen (secondary N) is 1. The van der Waals surface area contributed by atoms with Gasteiger partial charge in [0.1, 0.15) is 12.4 Å². The Bertz CT molecular complexity index is 1710. The molecule has 1 aliphatic heterocycles. The molecule has 1 saturated heterocycles. The number of sulfonamides is 2. The van der Waals surface area contributed by atoms with E-state index in [1.165, 1.54) is 28.6 Å². The Morgan fingerprint density at radius 1 is 0.846 bits per heavy atom. The van der Waals surface area contributed by atoms with Gasteiger partial charge in [0.15, 0.2) is 0 Å². The van der Waals surface area contributed by atoms with Gasteiger partial charge >= 0.3 is 4.87 Å². The molecule has 0 bridgehead atoms. The highest BCUT2D eigenvalue weighted by Gasteiger charge is 2.25. The first kappa shape index (κ1) is 27.5. The summed E-state index contributed by atoms with van der Waals surface area (Å²) < 4.78 is 63.1. The number of hydrogen-bond acceptors (Lipinski definition) is 7. The Labute approximate surface area is 231 Å². The van der Waals surface area contributed by atoms with Crippen LogP contribution in [0.5, 0.6) is 5.75 Å². The molecule has 12 heteroatoms. The lowest BCUT2D eigenvalue weighted by Crippen LogP contribution is -2.35. The maximum Gasteiger partial charge on any atom is 0.308 e. The van der Waals surface area contributed by atoms with Crippen molar-refractivity contribution in [1.29, 1.82) is 0 Å². The first-order valence-corrected chi connectivity index (χ1v) is 16.4. The van der Waals surface area contributed by atoms with Crippen LogP contribution in [-0.2, 0) is 26.6 Å². The predicted octanol–water partition coefficient (Wildman–Crippen LogP) is 3.64. The zero-order valence-corrected chi connectivity index (χ0v) is 23.6. The van der Waals surface area contributed by atoms with Gasteiger partial charge in [0.05, 0.1) is 26.6 Å². The predicted molar refractivity (Wildman–Crippen MR) is 151 cm³/mol. The average Bonchev–Trinajstić information content (AvgIpc) is 3.26. The highest BCUT2D eigenvalue weighted by Crippen LogP contribution is 2.24. The average molecular weight is 588 g/mol. The smallest absolute Gasteiger partial charge is 0.308 e. The molecule has 1 fully saturated rings. The van der Waals surface area contributed by atoms with Crippen molar-refractivity contribution in [3.63, 3.8) is 0 Å². The number of nitrogens with zero attached hydrogens (tertiary/aromatic N) is 2. The zero-order valence-electron chi connectivity index (χ0n) is 21.2. The van der Waals surface area contributed by atoms with Crippen LogP contribution in [0, 0.1) is 0 Å². The Hall–Kier alpha value is -3.03. The van der Waals surface area contributed by atoms with Crippen molar-refractivity contribution in [2.24, 2.45) is 0 Å². The molecule has 0 unspecified atom stereocenters. The van der Waals surface area contributed by atoms with Crippen molar-refractivity contribution < 1.29 is 21.6 Å². The van der Waals surface area contributed by atoms with Crippen LogP contribution < -0.4 is 14.3 Å². The van der Waals surface area contributed by atoms with E-state index in [1.54, 1.807) is 22.8 Å². The molecule has 0 atom stereocenters. The molecule has 2 heterocycles. The summed E-state index contributed by atoms with van der Waals surface area (Å²) in [5.41, 5.74) is 1.66.